The van der Waals surface area contributed by atoms with Gasteiger partial charge in [-0.25, -0.2) is 0 Å². The van der Waals surface area contributed by atoms with Crippen molar-refractivity contribution in [2.75, 3.05) is 6.61 Å². The lowest BCUT2D eigenvalue weighted by Crippen LogP contribution is -2.42. The minimum Gasteiger partial charge on any atom is -0.508 e. The zero-order chi connectivity index (χ0) is 17.8. The van der Waals surface area contributed by atoms with Crippen molar-refractivity contribution < 1.29 is 9.84 Å². The number of hydrogen-bond acceptors (Lipinski definition) is 3. The Morgan fingerprint density at radius 1 is 0.808 bits per heavy atom. The fourth-order valence-corrected chi connectivity index (χ4v) is 3.56. The Balaban J connectivity index is 1.59. The highest BCUT2D eigenvalue weighted by atomic mass is 16.5. The SMILES string of the molecule is Oc1cccc2c1CC(N(Cc1ccccc1)Cc1ccccc1)CO2. The van der Waals surface area contributed by atoms with Crippen LogP contribution in [-0.2, 0) is 19.5 Å². The Hall–Kier alpha value is -2.78. The van der Waals surface area contributed by atoms with Crippen molar-refractivity contribution in [1.29, 1.82) is 0 Å². The maximum atomic E-state index is 10.2. The van der Waals surface area contributed by atoms with Crippen LogP contribution in [0.1, 0.15) is 16.7 Å². The van der Waals surface area contributed by atoms with Crippen molar-refractivity contribution in [2.45, 2.75) is 25.6 Å². The van der Waals surface area contributed by atoms with Crippen LogP contribution < -0.4 is 4.74 Å². The average Bonchev–Trinajstić information content (AvgIpc) is 2.69. The van der Waals surface area contributed by atoms with Crippen LogP contribution in [-0.4, -0.2) is 22.7 Å². The van der Waals surface area contributed by atoms with E-state index in [1.807, 2.05) is 24.3 Å². The van der Waals surface area contributed by atoms with Crippen LogP contribution in [0.2, 0.25) is 0 Å². The van der Waals surface area contributed by atoms with Gasteiger partial charge in [-0.1, -0.05) is 66.7 Å². The van der Waals surface area contributed by atoms with Gasteiger partial charge in [-0.2, -0.15) is 0 Å². The third-order valence-electron chi connectivity index (χ3n) is 4.95. The van der Waals surface area contributed by atoms with Crippen LogP contribution in [0.3, 0.4) is 0 Å². The standard InChI is InChI=1S/C23H23NO2/c25-22-12-7-13-23-21(22)14-20(17-26-23)24(15-18-8-3-1-4-9-18)16-19-10-5-2-6-11-19/h1-13,20,25H,14-17H2. The third kappa shape index (κ3) is 3.73. The fourth-order valence-electron chi connectivity index (χ4n) is 3.56. The van der Waals surface area contributed by atoms with Crippen LogP contribution in [0.15, 0.2) is 78.9 Å². The van der Waals surface area contributed by atoms with Crippen LogP contribution in [0.5, 0.6) is 11.5 Å². The molecule has 0 bridgehead atoms. The molecule has 3 heteroatoms. The molecule has 3 aromatic rings. The van der Waals surface area contributed by atoms with Crippen molar-refractivity contribution in [1.82, 2.24) is 4.90 Å². The summed E-state index contributed by atoms with van der Waals surface area (Å²) in [5.74, 6) is 1.13. The molecule has 4 rings (SSSR count). The summed E-state index contributed by atoms with van der Waals surface area (Å²) in [6, 6.07) is 26.8. The summed E-state index contributed by atoms with van der Waals surface area (Å²) < 4.78 is 5.97. The van der Waals surface area contributed by atoms with Gasteiger partial charge in [0.1, 0.15) is 18.1 Å². The molecule has 1 heterocycles. The molecule has 1 aliphatic rings. The molecule has 1 aliphatic heterocycles. The minimum absolute atomic E-state index is 0.219. The Labute approximate surface area is 154 Å². The van der Waals surface area contributed by atoms with Gasteiger partial charge in [-0.05, 0) is 29.7 Å². The zero-order valence-corrected chi connectivity index (χ0v) is 14.7. The number of nitrogens with zero attached hydrogens (tertiary/aromatic N) is 1. The molecule has 1 unspecified atom stereocenters. The highest BCUT2D eigenvalue weighted by molar-refractivity contribution is 5.45. The van der Waals surface area contributed by atoms with Crippen LogP contribution in [0.4, 0.5) is 0 Å². The van der Waals surface area contributed by atoms with E-state index >= 15 is 0 Å². The number of aromatic hydroxyl groups is 1. The van der Waals surface area contributed by atoms with Gasteiger partial charge in [0.15, 0.2) is 0 Å². The second-order valence-electron chi connectivity index (χ2n) is 6.80. The highest BCUT2D eigenvalue weighted by Gasteiger charge is 2.27. The van der Waals surface area contributed by atoms with Crippen LogP contribution in [0, 0.1) is 0 Å². The van der Waals surface area contributed by atoms with E-state index in [0.29, 0.717) is 12.4 Å². The van der Waals surface area contributed by atoms with Crippen molar-refractivity contribution >= 4 is 0 Å². The summed E-state index contributed by atoms with van der Waals surface area (Å²) in [5.41, 5.74) is 3.48. The summed E-state index contributed by atoms with van der Waals surface area (Å²) >= 11 is 0. The summed E-state index contributed by atoms with van der Waals surface area (Å²) in [4.78, 5) is 2.44. The first-order valence-corrected chi connectivity index (χ1v) is 9.05. The van der Waals surface area contributed by atoms with E-state index in [1.165, 1.54) is 11.1 Å². The largest absolute Gasteiger partial charge is 0.508 e. The molecule has 3 aromatic carbocycles. The molecule has 132 valence electrons. The second kappa shape index (κ2) is 7.63. The van der Waals surface area contributed by atoms with Gasteiger partial charge in [-0.15, -0.1) is 0 Å². The number of phenolic OH excluding ortho intramolecular Hbond substituents is 1. The summed E-state index contributed by atoms with van der Waals surface area (Å²) in [6.45, 7) is 2.34. The molecule has 0 aromatic heterocycles. The van der Waals surface area contributed by atoms with Gasteiger partial charge in [0.2, 0.25) is 0 Å². The highest BCUT2D eigenvalue weighted by Crippen LogP contribution is 2.33. The smallest absolute Gasteiger partial charge is 0.126 e. The third-order valence-corrected chi connectivity index (χ3v) is 4.95. The molecule has 0 radical (unpaired) electrons. The number of rotatable bonds is 5. The fraction of sp³-hybridized carbons (Fsp3) is 0.217. The van der Waals surface area contributed by atoms with Gasteiger partial charge in [0.25, 0.3) is 0 Å². The lowest BCUT2D eigenvalue weighted by molar-refractivity contribution is 0.105. The molecule has 0 amide bonds. The average molecular weight is 345 g/mol. The predicted octanol–water partition coefficient (Wildman–Crippen LogP) is 4.40. The Morgan fingerprint density at radius 2 is 1.42 bits per heavy atom. The molecule has 0 saturated carbocycles. The van der Waals surface area contributed by atoms with Crippen molar-refractivity contribution in [2.24, 2.45) is 0 Å². The van der Waals surface area contributed by atoms with Gasteiger partial charge < -0.3 is 9.84 Å². The summed E-state index contributed by atoms with van der Waals surface area (Å²) in [6.07, 6.45) is 0.793. The van der Waals surface area contributed by atoms with Gasteiger partial charge in [0.05, 0.1) is 0 Å². The Morgan fingerprint density at radius 3 is 2.04 bits per heavy atom. The molecule has 0 spiro atoms. The summed E-state index contributed by atoms with van der Waals surface area (Å²) in [7, 11) is 0. The van der Waals surface area contributed by atoms with E-state index in [9.17, 15) is 5.11 Å². The van der Waals surface area contributed by atoms with E-state index in [2.05, 4.69) is 53.4 Å². The van der Waals surface area contributed by atoms with E-state index < -0.39 is 0 Å². The molecule has 1 atom stereocenters. The molecule has 0 aliphatic carbocycles. The molecule has 3 nitrogen and oxygen atoms in total. The monoisotopic (exact) mass is 345 g/mol. The normalized spacial score (nSPS) is 16.1. The van der Waals surface area contributed by atoms with E-state index in [0.717, 1.165) is 30.8 Å². The number of ether oxygens (including phenoxy) is 1. The molecular weight excluding hydrogens is 322 g/mol. The van der Waals surface area contributed by atoms with Crippen LogP contribution >= 0.6 is 0 Å². The molecule has 26 heavy (non-hydrogen) atoms. The molecule has 1 N–H and O–H groups in total. The van der Waals surface area contributed by atoms with E-state index in [4.69, 9.17) is 4.74 Å². The number of fused-ring (bicyclic) bond motifs is 1. The minimum atomic E-state index is 0.219. The lowest BCUT2D eigenvalue weighted by Gasteiger charge is -2.35. The van der Waals surface area contributed by atoms with Crippen molar-refractivity contribution in [3.05, 3.63) is 95.6 Å². The van der Waals surface area contributed by atoms with Gasteiger partial charge in [-0.3, -0.25) is 4.90 Å². The molecule has 0 fully saturated rings. The van der Waals surface area contributed by atoms with Gasteiger partial charge >= 0.3 is 0 Å². The molecule has 0 saturated heterocycles. The topological polar surface area (TPSA) is 32.7 Å². The zero-order valence-electron chi connectivity index (χ0n) is 14.7. The number of benzene rings is 3. The van der Waals surface area contributed by atoms with Crippen molar-refractivity contribution in [3.8, 4) is 11.5 Å². The Bertz CT molecular complexity index is 807. The van der Waals surface area contributed by atoms with E-state index in [1.54, 1.807) is 6.07 Å². The first-order chi connectivity index (χ1) is 12.8. The Kier molecular flexibility index (Phi) is 4.89. The maximum Gasteiger partial charge on any atom is 0.126 e. The van der Waals surface area contributed by atoms with Gasteiger partial charge in [0, 0.05) is 24.7 Å². The van der Waals surface area contributed by atoms with Crippen molar-refractivity contribution in [3.63, 3.8) is 0 Å². The number of hydrogen-bond donors (Lipinski definition) is 1. The second-order valence-corrected chi connectivity index (χ2v) is 6.80. The van der Waals surface area contributed by atoms with E-state index in [-0.39, 0.29) is 6.04 Å². The first kappa shape index (κ1) is 16.7. The summed E-state index contributed by atoms with van der Waals surface area (Å²) in [5, 5.41) is 10.2. The van der Waals surface area contributed by atoms with Crippen LogP contribution in [0.25, 0.3) is 0 Å². The first-order valence-electron chi connectivity index (χ1n) is 9.05. The molecular formula is C23H23NO2. The lowest BCUT2D eigenvalue weighted by atomic mass is 9.99. The predicted molar refractivity (Wildman–Crippen MR) is 103 cm³/mol. The maximum absolute atomic E-state index is 10.2. The number of phenols is 1. The quantitative estimate of drug-likeness (QED) is 0.744.